The number of carbonyl (C=O) groups excluding carboxylic acids is 2. The van der Waals surface area contributed by atoms with Gasteiger partial charge in [0, 0.05) is 31.6 Å². The summed E-state index contributed by atoms with van der Waals surface area (Å²) in [5.41, 5.74) is -0.860. The number of unbranched alkanes of at least 4 members (excludes halogenated alkanes) is 1. The van der Waals surface area contributed by atoms with Crippen molar-refractivity contribution >= 4 is 34.1 Å². The van der Waals surface area contributed by atoms with E-state index < -0.39 is 29.0 Å². The molecule has 138 valence electrons. The fraction of sp³-hybridized carbons (Fsp3) is 0.438. The van der Waals surface area contributed by atoms with Crippen LogP contribution < -0.4 is 21.9 Å². The smallest absolute Gasteiger partial charge is 0.311 e. The van der Waals surface area contributed by atoms with E-state index in [0.717, 1.165) is 17.4 Å². The maximum absolute atomic E-state index is 12.6. The lowest BCUT2D eigenvalue weighted by atomic mass is 9.99. The van der Waals surface area contributed by atoms with Crippen molar-refractivity contribution in [2.45, 2.75) is 38.6 Å². The lowest BCUT2D eigenvalue weighted by molar-refractivity contribution is -0.122. The number of hydrogen-bond donors (Lipinski definition) is 2. The topological polar surface area (TPSA) is 115 Å². The normalized spacial score (nSPS) is 15.6. The molecule has 2 amide bonds. The van der Waals surface area contributed by atoms with Crippen molar-refractivity contribution in [2.24, 2.45) is 7.05 Å². The third-order valence-corrected chi connectivity index (χ3v) is 4.98. The average molecular weight is 377 g/mol. The summed E-state index contributed by atoms with van der Waals surface area (Å²) in [6.45, 7) is 2.38. The van der Waals surface area contributed by atoms with Gasteiger partial charge in [-0.2, -0.15) is 0 Å². The Balaban J connectivity index is 1.95. The third kappa shape index (κ3) is 3.19. The molecular weight excluding hydrogens is 358 g/mol. The lowest BCUT2D eigenvalue weighted by Gasteiger charge is -2.13. The molecule has 2 aromatic rings. The van der Waals surface area contributed by atoms with Gasteiger partial charge in [0.1, 0.15) is 5.82 Å². The molecule has 0 aliphatic carbocycles. The van der Waals surface area contributed by atoms with E-state index in [4.69, 9.17) is 0 Å². The van der Waals surface area contributed by atoms with Crippen molar-refractivity contribution in [3.63, 3.8) is 0 Å². The highest BCUT2D eigenvalue weighted by Gasteiger charge is 2.38. The van der Waals surface area contributed by atoms with Gasteiger partial charge in [0.25, 0.3) is 5.56 Å². The Morgan fingerprint density at radius 3 is 2.81 bits per heavy atom. The Labute approximate surface area is 152 Å². The number of fused-ring (bicyclic) bond motifs is 1. The fourth-order valence-corrected chi connectivity index (χ4v) is 3.48. The SMILES string of the molecule is CCCCn1c2c(c(=O)n(C)c1=O)C(CC(=O)Nc1nccs1)C(=O)N2. The van der Waals surface area contributed by atoms with Crippen LogP contribution in [-0.2, 0) is 23.2 Å². The zero-order valence-electron chi connectivity index (χ0n) is 14.4. The number of aromatic nitrogens is 3. The number of amides is 2. The molecule has 2 N–H and O–H groups in total. The molecule has 2 aromatic heterocycles. The molecular formula is C16H19N5O4S. The second kappa shape index (κ2) is 7.24. The van der Waals surface area contributed by atoms with Crippen LogP contribution in [0.3, 0.4) is 0 Å². The lowest BCUT2D eigenvalue weighted by Crippen LogP contribution is -2.40. The Morgan fingerprint density at radius 2 is 2.15 bits per heavy atom. The van der Waals surface area contributed by atoms with Crippen LogP contribution in [0.1, 0.15) is 37.7 Å². The number of hydrogen-bond acceptors (Lipinski definition) is 6. The molecule has 3 heterocycles. The Kier molecular flexibility index (Phi) is 5.03. The quantitative estimate of drug-likeness (QED) is 0.775. The Bertz CT molecular complexity index is 960. The van der Waals surface area contributed by atoms with Gasteiger partial charge < -0.3 is 10.6 Å². The summed E-state index contributed by atoms with van der Waals surface area (Å²) in [5.74, 6) is -1.59. The van der Waals surface area contributed by atoms with Gasteiger partial charge in [-0.15, -0.1) is 11.3 Å². The van der Waals surface area contributed by atoms with Gasteiger partial charge in [0.15, 0.2) is 5.13 Å². The van der Waals surface area contributed by atoms with Gasteiger partial charge in [-0.3, -0.25) is 23.5 Å². The van der Waals surface area contributed by atoms with Crippen LogP contribution in [0, 0.1) is 0 Å². The first kappa shape index (κ1) is 18.1. The molecule has 26 heavy (non-hydrogen) atoms. The number of nitrogens with zero attached hydrogens (tertiary/aromatic N) is 3. The molecule has 0 radical (unpaired) electrons. The van der Waals surface area contributed by atoms with Gasteiger partial charge in [-0.05, 0) is 6.42 Å². The molecule has 0 aromatic carbocycles. The largest absolute Gasteiger partial charge is 0.332 e. The van der Waals surface area contributed by atoms with E-state index in [-0.39, 0.29) is 17.8 Å². The minimum Gasteiger partial charge on any atom is -0.311 e. The molecule has 1 atom stereocenters. The first-order valence-corrected chi connectivity index (χ1v) is 9.16. The molecule has 9 nitrogen and oxygen atoms in total. The fourth-order valence-electron chi connectivity index (χ4n) is 2.93. The van der Waals surface area contributed by atoms with E-state index in [9.17, 15) is 19.2 Å². The summed E-state index contributed by atoms with van der Waals surface area (Å²) in [6, 6.07) is 0. The molecule has 0 bridgehead atoms. The van der Waals surface area contributed by atoms with E-state index in [1.807, 2.05) is 6.92 Å². The van der Waals surface area contributed by atoms with Crippen LogP contribution in [0.2, 0.25) is 0 Å². The highest BCUT2D eigenvalue weighted by molar-refractivity contribution is 7.13. The van der Waals surface area contributed by atoms with Gasteiger partial charge >= 0.3 is 5.69 Å². The highest BCUT2D eigenvalue weighted by Crippen LogP contribution is 2.31. The van der Waals surface area contributed by atoms with E-state index >= 15 is 0 Å². The monoisotopic (exact) mass is 377 g/mol. The van der Waals surface area contributed by atoms with Crippen LogP contribution in [-0.4, -0.2) is 25.9 Å². The first-order chi connectivity index (χ1) is 12.4. The van der Waals surface area contributed by atoms with Crippen molar-refractivity contribution in [2.75, 3.05) is 10.6 Å². The maximum Gasteiger partial charge on any atom is 0.332 e. The Morgan fingerprint density at radius 1 is 1.38 bits per heavy atom. The van der Waals surface area contributed by atoms with Crippen molar-refractivity contribution in [1.82, 2.24) is 14.1 Å². The number of rotatable bonds is 6. The second-order valence-electron chi connectivity index (χ2n) is 6.05. The number of thiazole rings is 1. The minimum atomic E-state index is -0.933. The first-order valence-electron chi connectivity index (χ1n) is 8.28. The van der Waals surface area contributed by atoms with E-state index in [0.29, 0.717) is 11.7 Å². The van der Waals surface area contributed by atoms with E-state index in [2.05, 4.69) is 15.6 Å². The number of anilines is 2. The van der Waals surface area contributed by atoms with Crippen molar-refractivity contribution in [3.05, 3.63) is 38.0 Å². The van der Waals surface area contributed by atoms with Gasteiger partial charge in [-0.1, -0.05) is 13.3 Å². The molecule has 3 rings (SSSR count). The zero-order chi connectivity index (χ0) is 18.8. The molecule has 10 heteroatoms. The standard InChI is InChI=1S/C16H19N5O4S/c1-3-4-6-21-12-11(14(24)20(2)16(21)25)9(13(23)19-12)8-10(22)18-15-17-5-7-26-15/h5,7,9H,3-4,6,8H2,1-2H3,(H,19,23)(H,17,18,22). The van der Waals surface area contributed by atoms with Gasteiger partial charge in [-0.25, -0.2) is 9.78 Å². The van der Waals surface area contributed by atoms with Crippen molar-refractivity contribution in [1.29, 1.82) is 0 Å². The second-order valence-corrected chi connectivity index (χ2v) is 6.94. The predicted molar refractivity (Wildman–Crippen MR) is 97.6 cm³/mol. The van der Waals surface area contributed by atoms with Crippen molar-refractivity contribution < 1.29 is 9.59 Å². The summed E-state index contributed by atoms with van der Waals surface area (Å²) in [4.78, 5) is 53.6. The van der Waals surface area contributed by atoms with Crippen LogP contribution in [0.25, 0.3) is 0 Å². The van der Waals surface area contributed by atoms with Crippen LogP contribution in [0.5, 0.6) is 0 Å². The average Bonchev–Trinajstić information content (AvgIpc) is 3.21. The maximum atomic E-state index is 12.6. The molecule has 0 spiro atoms. The molecule has 1 aliphatic heterocycles. The predicted octanol–water partition coefficient (Wildman–Crippen LogP) is 0.868. The third-order valence-electron chi connectivity index (χ3n) is 4.29. The van der Waals surface area contributed by atoms with E-state index in [1.54, 1.807) is 11.6 Å². The summed E-state index contributed by atoms with van der Waals surface area (Å²) < 4.78 is 2.39. The summed E-state index contributed by atoms with van der Waals surface area (Å²) in [6.07, 6.45) is 2.95. The molecule has 0 saturated carbocycles. The molecule has 0 saturated heterocycles. The molecule has 1 aliphatic rings. The highest BCUT2D eigenvalue weighted by atomic mass is 32.1. The summed E-state index contributed by atoms with van der Waals surface area (Å²) >= 11 is 1.26. The van der Waals surface area contributed by atoms with Crippen LogP contribution >= 0.6 is 11.3 Å². The van der Waals surface area contributed by atoms with Crippen LogP contribution in [0.15, 0.2) is 21.2 Å². The summed E-state index contributed by atoms with van der Waals surface area (Å²) in [7, 11) is 1.38. The van der Waals surface area contributed by atoms with E-state index in [1.165, 1.54) is 23.0 Å². The minimum absolute atomic E-state index is 0.169. The Hall–Kier alpha value is -2.75. The molecule has 1 unspecified atom stereocenters. The van der Waals surface area contributed by atoms with Gasteiger partial charge in [0.2, 0.25) is 11.8 Å². The number of carbonyl (C=O) groups is 2. The molecule has 0 fully saturated rings. The van der Waals surface area contributed by atoms with Gasteiger partial charge in [0.05, 0.1) is 11.5 Å². The summed E-state index contributed by atoms with van der Waals surface area (Å²) in [5, 5.41) is 7.36. The number of nitrogens with one attached hydrogen (secondary N) is 2. The van der Waals surface area contributed by atoms with Crippen molar-refractivity contribution in [3.8, 4) is 0 Å². The van der Waals surface area contributed by atoms with Crippen LogP contribution in [0.4, 0.5) is 10.9 Å². The zero-order valence-corrected chi connectivity index (χ0v) is 15.3.